The zero-order chi connectivity index (χ0) is 8.97. The molecule has 0 spiro atoms. The van der Waals surface area contributed by atoms with Crippen LogP contribution in [0.1, 0.15) is 6.42 Å². The third kappa shape index (κ3) is 3.18. The van der Waals surface area contributed by atoms with Crippen LogP contribution >= 0.6 is 0 Å². The van der Waals surface area contributed by atoms with Crippen molar-refractivity contribution in [2.75, 3.05) is 32.4 Å². The number of hydrogen-bond donors (Lipinski definition) is 1. The SMILES string of the molecule is CNC1CN(CCCS(=O)[O-])C1. The second-order valence-corrected chi connectivity index (χ2v) is 4.12. The van der Waals surface area contributed by atoms with Gasteiger partial charge in [0.25, 0.3) is 0 Å². The summed E-state index contributed by atoms with van der Waals surface area (Å²) in [6, 6.07) is 0.614. The van der Waals surface area contributed by atoms with Crippen molar-refractivity contribution in [3.05, 3.63) is 0 Å². The van der Waals surface area contributed by atoms with Gasteiger partial charge >= 0.3 is 0 Å². The first-order chi connectivity index (χ1) is 5.72. The third-order valence-corrected chi connectivity index (χ3v) is 2.77. The number of likely N-dealkylation sites (N-methyl/N-ethyl adjacent to an activating group) is 1. The van der Waals surface area contributed by atoms with Crippen LogP contribution in [0.25, 0.3) is 0 Å². The van der Waals surface area contributed by atoms with Crippen LogP contribution in [0.2, 0.25) is 0 Å². The Labute approximate surface area is 75.6 Å². The van der Waals surface area contributed by atoms with E-state index in [2.05, 4.69) is 10.2 Å². The summed E-state index contributed by atoms with van der Waals surface area (Å²) >= 11 is -1.86. The number of nitrogens with zero attached hydrogens (tertiary/aromatic N) is 1. The van der Waals surface area contributed by atoms with Crippen LogP contribution in [0.3, 0.4) is 0 Å². The maximum Gasteiger partial charge on any atom is 0.0320 e. The lowest BCUT2D eigenvalue weighted by Crippen LogP contribution is -2.57. The van der Waals surface area contributed by atoms with Gasteiger partial charge in [-0.05, 0) is 20.0 Å². The molecule has 0 aromatic carbocycles. The standard InChI is InChI=1S/C7H16N2O2S/c1-8-7-5-9(6-7)3-2-4-12(10)11/h7-8H,2-6H2,1H3,(H,10,11)/p-1. The average molecular weight is 191 g/mol. The van der Waals surface area contributed by atoms with Crippen molar-refractivity contribution in [3.63, 3.8) is 0 Å². The lowest BCUT2D eigenvalue weighted by Gasteiger charge is -2.39. The lowest BCUT2D eigenvalue weighted by molar-refractivity contribution is 0.132. The van der Waals surface area contributed by atoms with E-state index in [9.17, 15) is 8.76 Å². The summed E-state index contributed by atoms with van der Waals surface area (Å²) in [6.07, 6.45) is 0.756. The summed E-state index contributed by atoms with van der Waals surface area (Å²) in [4.78, 5) is 2.26. The summed E-state index contributed by atoms with van der Waals surface area (Å²) in [5.41, 5.74) is 0. The summed E-state index contributed by atoms with van der Waals surface area (Å²) < 4.78 is 20.4. The molecule has 1 heterocycles. The Morgan fingerprint density at radius 3 is 2.83 bits per heavy atom. The Morgan fingerprint density at radius 2 is 2.33 bits per heavy atom. The molecule has 1 aliphatic heterocycles. The molecule has 72 valence electrons. The summed E-state index contributed by atoms with van der Waals surface area (Å²) in [5.74, 6) is 0.292. The Bertz CT molecular complexity index is 159. The fourth-order valence-corrected chi connectivity index (χ4v) is 1.71. The minimum Gasteiger partial charge on any atom is -0.772 e. The average Bonchev–Trinajstić information content (AvgIpc) is 1.93. The second-order valence-electron chi connectivity index (χ2n) is 3.11. The first-order valence-corrected chi connectivity index (χ1v) is 5.42. The van der Waals surface area contributed by atoms with Crippen molar-refractivity contribution >= 4 is 11.1 Å². The van der Waals surface area contributed by atoms with Crippen LogP contribution in [0.5, 0.6) is 0 Å². The van der Waals surface area contributed by atoms with Crippen LogP contribution in [0.15, 0.2) is 0 Å². The van der Waals surface area contributed by atoms with Crippen LogP contribution < -0.4 is 5.32 Å². The fraction of sp³-hybridized carbons (Fsp3) is 1.00. The molecule has 0 saturated carbocycles. The lowest BCUT2D eigenvalue weighted by atomic mass is 10.1. The highest BCUT2D eigenvalue weighted by molar-refractivity contribution is 7.79. The van der Waals surface area contributed by atoms with E-state index < -0.39 is 11.1 Å². The molecule has 0 aromatic rings. The van der Waals surface area contributed by atoms with Crippen LogP contribution in [0, 0.1) is 0 Å². The smallest absolute Gasteiger partial charge is 0.0320 e. The minimum absolute atomic E-state index is 0.292. The molecule has 0 aromatic heterocycles. The van der Waals surface area contributed by atoms with Gasteiger partial charge in [0.15, 0.2) is 0 Å². The van der Waals surface area contributed by atoms with E-state index in [1.807, 2.05) is 7.05 Å². The molecule has 12 heavy (non-hydrogen) atoms. The van der Waals surface area contributed by atoms with E-state index in [4.69, 9.17) is 0 Å². The predicted molar refractivity (Wildman–Crippen MR) is 47.7 cm³/mol. The number of nitrogens with one attached hydrogen (secondary N) is 1. The quantitative estimate of drug-likeness (QED) is 0.576. The topological polar surface area (TPSA) is 55.4 Å². The van der Waals surface area contributed by atoms with E-state index in [-0.39, 0.29) is 0 Å². The fourth-order valence-electron chi connectivity index (χ4n) is 1.34. The van der Waals surface area contributed by atoms with Gasteiger partial charge in [0.05, 0.1) is 0 Å². The van der Waals surface area contributed by atoms with Gasteiger partial charge in [-0.1, -0.05) is 11.1 Å². The van der Waals surface area contributed by atoms with Gasteiger partial charge < -0.3 is 14.8 Å². The highest BCUT2D eigenvalue weighted by Crippen LogP contribution is 2.07. The van der Waals surface area contributed by atoms with E-state index in [1.165, 1.54) is 0 Å². The second kappa shape index (κ2) is 4.91. The molecular formula is C7H15N2O2S-. The molecule has 1 aliphatic rings. The van der Waals surface area contributed by atoms with Crippen LogP contribution in [-0.2, 0) is 11.1 Å². The van der Waals surface area contributed by atoms with Gasteiger partial charge in [-0.25, -0.2) is 0 Å². The number of likely N-dealkylation sites (tertiary alicyclic amines) is 1. The van der Waals surface area contributed by atoms with Gasteiger partial charge in [0.1, 0.15) is 0 Å². The van der Waals surface area contributed by atoms with Crippen molar-refractivity contribution in [1.82, 2.24) is 10.2 Å². The van der Waals surface area contributed by atoms with Crippen molar-refractivity contribution in [1.29, 1.82) is 0 Å². The summed E-state index contributed by atoms with van der Waals surface area (Å²) in [5, 5.41) is 3.17. The molecule has 1 unspecified atom stereocenters. The molecule has 4 nitrogen and oxygen atoms in total. The Hall–Kier alpha value is 0.0300. The summed E-state index contributed by atoms with van der Waals surface area (Å²) in [6.45, 7) is 3.02. The molecule has 1 rings (SSSR count). The first-order valence-electron chi connectivity index (χ1n) is 4.18. The molecule has 0 amide bonds. The van der Waals surface area contributed by atoms with E-state index >= 15 is 0 Å². The van der Waals surface area contributed by atoms with Crippen molar-refractivity contribution in [2.45, 2.75) is 12.5 Å². The normalized spacial score (nSPS) is 22.2. The van der Waals surface area contributed by atoms with Gasteiger partial charge in [0.2, 0.25) is 0 Å². The Morgan fingerprint density at radius 1 is 1.67 bits per heavy atom. The highest BCUT2D eigenvalue weighted by Gasteiger charge is 2.23. The first kappa shape index (κ1) is 10.1. The molecule has 0 bridgehead atoms. The number of rotatable bonds is 5. The van der Waals surface area contributed by atoms with E-state index in [1.54, 1.807) is 0 Å². The molecule has 0 radical (unpaired) electrons. The van der Waals surface area contributed by atoms with Gasteiger partial charge in [0, 0.05) is 24.9 Å². The highest BCUT2D eigenvalue weighted by atomic mass is 32.2. The van der Waals surface area contributed by atoms with Crippen molar-refractivity contribution in [2.24, 2.45) is 0 Å². The molecule has 1 N–H and O–H groups in total. The molecule has 1 fully saturated rings. The van der Waals surface area contributed by atoms with Crippen LogP contribution in [0.4, 0.5) is 0 Å². The zero-order valence-corrected chi connectivity index (χ0v) is 8.10. The maximum atomic E-state index is 10.2. The molecule has 1 saturated heterocycles. The number of hydrogen-bond acceptors (Lipinski definition) is 4. The maximum absolute atomic E-state index is 10.2. The van der Waals surface area contributed by atoms with Crippen molar-refractivity contribution < 1.29 is 8.76 Å². The van der Waals surface area contributed by atoms with Gasteiger partial charge in [-0.2, -0.15) is 0 Å². The summed E-state index contributed by atoms with van der Waals surface area (Å²) in [7, 11) is 1.95. The molecule has 5 heteroatoms. The zero-order valence-electron chi connectivity index (χ0n) is 7.28. The predicted octanol–water partition coefficient (Wildman–Crippen LogP) is -0.841. The Balaban J connectivity index is 1.93. The minimum atomic E-state index is -1.86. The molecule has 0 aliphatic carbocycles. The van der Waals surface area contributed by atoms with Crippen LogP contribution in [-0.4, -0.2) is 52.1 Å². The molecule has 1 atom stereocenters. The van der Waals surface area contributed by atoms with Gasteiger partial charge in [-0.15, -0.1) is 0 Å². The molecular weight excluding hydrogens is 176 g/mol. The van der Waals surface area contributed by atoms with E-state index in [0.717, 1.165) is 26.1 Å². The largest absolute Gasteiger partial charge is 0.772 e. The van der Waals surface area contributed by atoms with Gasteiger partial charge in [-0.3, -0.25) is 4.21 Å². The van der Waals surface area contributed by atoms with E-state index in [0.29, 0.717) is 11.8 Å². The third-order valence-electron chi connectivity index (χ3n) is 2.15. The monoisotopic (exact) mass is 191 g/mol. The van der Waals surface area contributed by atoms with Crippen molar-refractivity contribution in [3.8, 4) is 0 Å². The Kier molecular flexibility index (Phi) is 4.14.